The molecule has 2 fully saturated rings. The normalized spacial score (nSPS) is 22.4. The highest BCUT2D eigenvalue weighted by Crippen LogP contribution is 2.34. The van der Waals surface area contributed by atoms with Crippen LogP contribution >= 0.6 is 11.3 Å². The van der Waals surface area contributed by atoms with Crippen LogP contribution in [0.15, 0.2) is 17.5 Å². The van der Waals surface area contributed by atoms with Gasteiger partial charge in [0, 0.05) is 31.1 Å². The molecule has 23 heavy (non-hydrogen) atoms. The fourth-order valence-corrected chi connectivity index (χ4v) is 4.24. The fourth-order valence-electron chi connectivity index (χ4n) is 3.37. The second-order valence-electron chi connectivity index (χ2n) is 6.26. The summed E-state index contributed by atoms with van der Waals surface area (Å²) in [6.45, 7) is 6.57. The van der Waals surface area contributed by atoms with Gasteiger partial charge in [-0.3, -0.25) is 4.90 Å². The molecule has 0 unspecified atom stereocenters. The molecule has 1 aromatic rings. The first-order chi connectivity index (χ1) is 11.3. The summed E-state index contributed by atoms with van der Waals surface area (Å²) in [4.78, 5) is 18.2. The fraction of sp³-hybridized carbons (Fsp3) is 0.706. The van der Waals surface area contributed by atoms with Crippen molar-refractivity contribution < 1.29 is 9.53 Å². The lowest BCUT2D eigenvalue weighted by molar-refractivity contribution is 0.0372. The van der Waals surface area contributed by atoms with Crippen LogP contribution in [0.4, 0.5) is 4.79 Å². The first-order valence-electron chi connectivity index (χ1n) is 8.72. The van der Waals surface area contributed by atoms with Gasteiger partial charge in [0.1, 0.15) is 0 Å². The average Bonchev–Trinajstić information content (AvgIpc) is 3.26. The molecule has 0 spiro atoms. The summed E-state index contributed by atoms with van der Waals surface area (Å²) in [5, 5.41) is 5.20. The van der Waals surface area contributed by atoms with E-state index in [1.807, 2.05) is 4.90 Å². The summed E-state index contributed by atoms with van der Waals surface area (Å²) in [6.07, 6.45) is 4.37. The molecule has 2 saturated heterocycles. The summed E-state index contributed by atoms with van der Waals surface area (Å²) in [6, 6.07) is 4.60. The van der Waals surface area contributed by atoms with E-state index < -0.39 is 0 Å². The van der Waals surface area contributed by atoms with Gasteiger partial charge in [-0.15, -0.1) is 11.3 Å². The Morgan fingerprint density at radius 3 is 2.96 bits per heavy atom. The number of rotatable bonds is 6. The predicted octanol–water partition coefficient (Wildman–Crippen LogP) is 2.71. The van der Waals surface area contributed by atoms with E-state index in [4.69, 9.17) is 4.74 Å². The number of ether oxygens (including phenoxy) is 1. The lowest BCUT2D eigenvalue weighted by Gasteiger charge is -2.26. The van der Waals surface area contributed by atoms with Crippen molar-refractivity contribution in [2.75, 3.05) is 45.9 Å². The summed E-state index contributed by atoms with van der Waals surface area (Å²) in [5.41, 5.74) is 0. The second-order valence-corrected chi connectivity index (χ2v) is 7.24. The zero-order chi connectivity index (χ0) is 15.9. The number of morpholine rings is 1. The van der Waals surface area contributed by atoms with E-state index >= 15 is 0 Å². The van der Waals surface area contributed by atoms with E-state index in [0.29, 0.717) is 0 Å². The number of carbonyl (C=O) groups excluding carboxylic acids is 1. The third-order valence-electron chi connectivity index (χ3n) is 4.67. The monoisotopic (exact) mass is 337 g/mol. The number of hydrogen-bond acceptors (Lipinski definition) is 4. The molecule has 128 valence electrons. The molecule has 0 radical (unpaired) electrons. The predicted molar refractivity (Wildman–Crippen MR) is 92.9 cm³/mol. The molecule has 6 heteroatoms. The van der Waals surface area contributed by atoms with Crippen molar-refractivity contribution in [1.82, 2.24) is 15.1 Å². The number of urea groups is 1. The molecule has 0 bridgehead atoms. The van der Waals surface area contributed by atoms with Crippen molar-refractivity contribution in [2.24, 2.45) is 0 Å². The van der Waals surface area contributed by atoms with E-state index in [1.54, 1.807) is 11.3 Å². The van der Waals surface area contributed by atoms with E-state index in [1.165, 1.54) is 4.88 Å². The number of nitrogens with one attached hydrogen (secondary N) is 1. The van der Waals surface area contributed by atoms with Crippen LogP contribution in [0.25, 0.3) is 0 Å². The SMILES string of the molecule is O=C(NCCCCN1CCOCC1)N1CCC[C@@H]1c1cccs1. The van der Waals surface area contributed by atoms with Crippen molar-refractivity contribution in [3.05, 3.63) is 22.4 Å². The van der Waals surface area contributed by atoms with Crippen LogP contribution in [0.5, 0.6) is 0 Å². The van der Waals surface area contributed by atoms with Crippen LogP contribution in [0.3, 0.4) is 0 Å². The topological polar surface area (TPSA) is 44.8 Å². The van der Waals surface area contributed by atoms with Crippen LogP contribution in [0, 0.1) is 0 Å². The molecule has 3 heterocycles. The van der Waals surface area contributed by atoms with Crippen LogP contribution in [-0.4, -0.2) is 61.8 Å². The van der Waals surface area contributed by atoms with Gasteiger partial charge in [-0.1, -0.05) is 6.07 Å². The summed E-state index contributed by atoms with van der Waals surface area (Å²) in [5.74, 6) is 0. The zero-order valence-electron chi connectivity index (χ0n) is 13.7. The number of nitrogens with zero attached hydrogens (tertiary/aromatic N) is 2. The second kappa shape index (κ2) is 8.66. The molecule has 0 aromatic carbocycles. The molecule has 2 amide bonds. The van der Waals surface area contributed by atoms with Gasteiger partial charge in [0.05, 0.1) is 19.3 Å². The number of thiophene rings is 1. The lowest BCUT2D eigenvalue weighted by atomic mass is 10.2. The Balaban J connectivity index is 1.34. The minimum Gasteiger partial charge on any atom is -0.379 e. The molecule has 2 aliphatic rings. The van der Waals surface area contributed by atoms with Gasteiger partial charge in [0.15, 0.2) is 0 Å². The summed E-state index contributed by atoms with van der Waals surface area (Å²) < 4.78 is 5.35. The largest absolute Gasteiger partial charge is 0.379 e. The van der Waals surface area contributed by atoms with Gasteiger partial charge in [-0.25, -0.2) is 4.79 Å². The number of unbranched alkanes of at least 4 members (excludes halogenated alkanes) is 1. The summed E-state index contributed by atoms with van der Waals surface area (Å²) in [7, 11) is 0. The quantitative estimate of drug-likeness (QED) is 0.812. The Morgan fingerprint density at radius 1 is 1.30 bits per heavy atom. The van der Waals surface area contributed by atoms with Crippen molar-refractivity contribution in [1.29, 1.82) is 0 Å². The van der Waals surface area contributed by atoms with Crippen molar-refractivity contribution in [3.8, 4) is 0 Å². The molecular formula is C17H27N3O2S. The molecule has 1 aromatic heterocycles. The zero-order valence-corrected chi connectivity index (χ0v) is 14.5. The third kappa shape index (κ3) is 4.68. The summed E-state index contributed by atoms with van der Waals surface area (Å²) >= 11 is 1.75. The Kier molecular flexibility index (Phi) is 6.30. The highest BCUT2D eigenvalue weighted by Gasteiger charge is 2.30. The van der Waals surface area contributed by atoms with E-state index in [9.17, 15) is 4.79 Å². The highest BCUT2D eigenvalue weighted by molar-refractivity contribution is 7.10. The molecule has 0 aliphatic carbocycles. The molecule has 5 nitrogen and oxygen atoms in total. The van der Waals surface area contributed by atoms with Crippen molar-refractivity contribution in [2.45, 2.75) is 31.7 Å². The molecule has 1 N–H and O–H groups in total. The first-order valence-corrected chi connectivity index (χ1v) is 9.60. The number of likely N-dealkylation sites (tertiary alicyclic amines) is 1. The first kappa shape index (κ1) is 16.7. The van der Waals surface area contributed by atoms with Gasteiger partial charge in [0.2, 0.25) is 0 Å². The Morgan fingerprint density at radius 2 is 2.17 bits per heavy atom. The average molecular weight is 337 g/mol. The third-order valence-corrected chi connectivity index (χ3v) is 5.64. The maximum atomic E-state index is 12.4. The van der Waals surface area contributed by atoms with Gasteiger partial charge in [-0.05, 0) is 43.7 Å². The van der Waals surface area contributed by atoms with Crippen LogP contribution in [0.2, 0.25) is 0 Å². The maximum Gasteiger partial charge on any atom is 0.317 e. The van der Waals surface area contributed by atoms with E-state index in [2.05, 4.69) is 27.7 Å². The van der Waals surface area contributed by atoms with Gasteiger partial charge in [0.25, 0.3) is 0 Å². The van der Waals surface area contributed by atoms with Crippen LogP contribution < -0.4 is 5.32 Å². The Labute approximate surface area is 142 Å². The molecule has 3 rings (SSSR count). The Bertz CT molecular complexity index is 474. The van der Waals surface area contributed by atoms with Gasteiger partial charge < -0.3 is 15.0 Å². The lowest BCUT2D eigenvalue weighted by Crippen LogP contribution is -2.40. The van der Waals surface area contributed by atoms with Crippen LogP contribution in [0.1, 0.15) is 36.6 Å². The standard InChI is InChI=1S/C17H27N3O2S/c21-17(18-7-1-2-8-19-10-12-22-13-11-19)20-9-3-5-15(20)16-6-4-14-23-16/h4,6,14-15H,1-3,5,7-13H2,(H,18,21)/t15-/m1/s1. The minimum atomic E-state index is 0.104. The number of carbonyl (C=O) groups is 1. The van der Waals surface area contributed by atoms with Gasteiger partial charge >= 0.3 is 6.03 Å². The van der Waals surface area contributed by atoms with Gasteiger partial charge in [-0.2, -0.15) is 0 Å². The smallest absolute Gasteiger partial charge is 0.317 e. The molecule has 1 atom stereocenters. The maximum absolute atomic E-state index is 12.4. The highest BCUT2D eigenvalue weighted by atomic mass is 32.1. The molecular weight excluding hydrogens is 310 g/mol. The molecule has 2 aliphatic heterocycles. The van der Waals surface area contributed by atoms with E-state index in [0.717, 1.165) is 71.6 Å². The van der Waals surface area contributed by atoms with Crippen molar-refractivity contribution in [3.63, 3.8) is 0 Å². The number of amides is 2. The van der Waals surface area contributed by atoms with Crippen LogP contribution in [-0.2, 0) is 4.74 Å². The van der Waals surface area contributed by atoms with E-state index in [-0.39, 0.29) is 12.1 Å². The number of hydrogen-bond donors (Lipinski definition) is 1. The Hall–Kier alpha value is -1.11. The molecule has 0 saturated carbocycles. The minimum absolute atomic E-state index is 0.104. The van der Waals surface area contributed by atoms with Crippen molar-refractivity contribution >= 4 is 17.4 Å².